The zero-order valence-electron chi connectivity index (χ0n) is 8.74. The minimum absolute atomic E-state index is 0.0315. The molecule has 17 heavy (non-hydrogen) atoms. The molecule has 7 heteroatoms. The van der Waals surface area contributed by atoms with E-state index in [2.05, 4.69) is 20.8 Å². The van der Waals surface area contributed by atoms with Crippen molar-refractivity contribution < 1.29 is 4.79 Å². The van der Waals surface area contributed by atoms with Crippen LogP contribution in [0.2, 0.25) is 0 Å². The SMILES string of the molecule is N#Cc1cccc(NC(=O)Cn2cnnn2)c1. The summed E-state index contributed by atoms with van der Waals surface area (Å²) in [6, 6.07) is 8.66. The van der Waals surface area contributed by atoms with Crippen molar-refractivity contribution in [2.75, 3.05) is 5.32 Å². The minimum Gasteiger partial charge on any atom is -0.324 e. The Hall–Kier alpha value is -2.75. The van der Waals surface area contributed by atoms with Crippen molar-refractivity contribution in [1.29, 1.82) is 5.26 Å². The van der Waals surface area contributed by atoms with E-state index in [1.165, 1.54) is 11.0 Å². The maximum atomic E-state index is 11.6. The Labute approximate surface area is 96.7 Å². The lowest BCUT2D eigenvalue weighted by atomic mass is 10.2. The third-order valence-electron chi connectivity index (χ3n) is 1.97. The number of anilines is 1. The number of nitrogens with zero attached hydrogens (tertiary/aromatic N) is 5. The number of carbonyl (C=O) groups is 1. The molecule has 0 fully saturated rings. The molecular weight excluding hydrogens is 220 g/mol. The predicted octanol–water partition coefficient (Wildman–Crippen LogP) is 0.183. The van der Waals surface area contributed by atoms with Crippen molar-refractivity contribution in [3.05, 3.63) is 36.2 Å². The fourth-order valence-corrected chi connectivity index (χ4v) is 1.27. The first-order chi connectivity index (χ1) is 8.28. The van der Waals surface area contributed by atoms with Crippen LogP contribution in [0, 0.1) is 11.3 Å². The first-order valence-corrected chi connectivity index (χ1v) is 4.79. The monoisotopic (exact) mass is 228 g/mol. The largest absolute Gasteiger partial charge is 0.324 e. The van der Waals surface area contributed by atoms with E-state index in [0.29, 0.717) is 11.3 Å². The Balaban J connectivity index is 2.01. The molecular formula is C10H8N6O. The molecule has 7 nitrogen and oxygen atoms in total. The third-order valence-corrected chi connectivity index (χ3v) is 1.97. The molecule has 1 N–H and O–H groups in total. The highest BCUT2D eigenvalue weighted by Gasteiger charge is 2.04. The lowest BCUT2D eigenvalue weighted by Gasteiger charge is -2.04. The summed E-state index contributed by atoms with van der Waals surface area (Å²) < 4.78 is 1.31. The molecule has 84 valence electrons. The summed E-state index contributed by atoms with van der Waals surface area (Å²) in [4.78, 5) is 11.6. The Bertz CT molecular complexity index is 556. The Morgan fingerprint density at radius 1 is 1.53 bits per heavy atom. The Morgan fingerprint density at radius 2 is 2.41 bits per heavy atom. The standard InChI is InChI=1S/C10H8N6O/c11-5-8-2-1-3-9(4-8)13-10(17)6-16-7-12-14-15-16/h1-4,7H,6H2,(H,13,17). The number of carbonyl (C=O) groups excluding carboxylic acids is 1. The molecule has 0 aliphatic heterocycles. The first-order valence-electron chi connectivity index (χ1n) is 4.79. The van der Waals surface area contributed by atoms with Crippen LogP contribution in [0.25, 0.3) is 0 Å². The molecule has 1 aromatic heterocycles. The number of amides is 1. The van der Waals surface area contributed by atoms with Gasteiger partial charge in [0.05, 0.1) is 11.6 Å². The number of nitriles is 1. The topological polar surface area (TPSA) is 96.5 Å². The van der Waals surface area contributed by atoms with Crippen molar-refractivity contribution in [3.8, 4) is 6.07 Å². The van der Waals surface area contributed by atoms with Crippen LogP contribution in [0.1, 0.15) is 5.56 Å². The van der Waals surface area contributed by atoms with Gasteiger partial charge in [0.1, 0.15) is 12.9 Å². The molecule has 0 unspecified atom stereocenters. The molecule has 0 radical (unpaired) electrons. The molecule has 0 aliphatic rings. The maximum absolute atomic E-state index is 11.6. The number of nitrogens with one attached hydrogen (secondary N) is 1. The van der Waals surface area contributed by atoms with Gasteiger partial charge in [-0.15, -0.1) is 5.10 Å². The van der Waals surface area contributed by atoms with Crippen LogP contribution in [0.5, 0.6) is 0 Å². The van der Waals surface area contributed by atoms with Crippen LogP contribution < -0.4 is 5.32 Å². The van der Waals surface area contributed by atoms with Crippen molar-refractivity contribution in [1.82, 2.24) is 20.2 Å². The van der Waals surface area contributed by atoms with Gasteiger partial charge in [-0.05, 0) is 28.6 Å². The molecule has 0 atom stereocenters. The van der Waals surface area contributed by atoms with Crippen molar-refractivity contribution in [3.63, 3.8) is 0 Å². The molecule has 1 aromatic carbocycles. The highest BCUT2D eigenvalue weighted by Crippen LogP contribution is 2.09. The van der Waals surface area contributed by atoms with Gasteiger partial charge in [-0.25, -0.2) is 4.68 Å². The average molecular weight is 228 g/mol. The number of hydrogen-bond donors (Lipinski definition) is 1. The van der Waals surface area contributed by atoms with Gasteiger partial charge in [0.2, 0.25) is 5.91 Å². The van der Waals surface area contributed by atoms with E-state index in [9.17, 15) is 4.79 Å². The number of aromatic nitrogens is 4. The van der Waals surface area contributed by atoms with Gasteiger partial charge in [0.15, 0.2) is 0 Å². The van der Waals surface area contributed by atoms with E-state index in [1.807, 2.05) is 6.07 Å². The average Bonchev–Trinajstić information content (AvgIpc) is 2.82. The van der Waals surface area contributed by atoms with Crippen molar-refractivity contribution in [2.45, 2.75) is 6.54 Å². The van der Waals surface area contributed by atoms with Gasteiger partial charge in [0, 0.05) is 5.69 Å². The van der Waals surface area contributed by atoms with Gasteiger partial charge in [-0.2, -0.15) is 5.26 Å². The lowest BCUT2D eigenvalue weighted by Crippen LogP contribution is -2.19. The zero-order valence-corrected chi connectivity index (χ0v) is 8.74. The third kappa shape index (κ3) is 2.85. The van der Waals surface area contributed by atoms with E-state index in [0.717, 1.165) is 0 Å². The second-order valence-corrected chi connectivity index (χ2v) is 3.25. The second-order valence-electron chi connectivity index (χ2n) is 3.25. The highest BCUT2D eigenvalue weighted by molar-refractivity contribution is 5.90. The summed E-state index contributed by atoms with van der Waals surface area (Å²) in [5, 5.41) is 21.8. The van der Waals surface area contributed by atoms with Crippen LogP contribution in [-0.2, 0) is 11.3 Å². The van der Waals surface area contributed by atoms with E-state index in [-0.39, 0.29) is 12.5 Å². The highest BCUT2D eigenvalue weighted by atomic mass is 16.2. The van der Waals surface area contributed by atoms with E-state index >= 15 is 0 Å². The Morgan fingerprint density at radius 3 is 3.12 bits per heavy atom. The molecule has 2 aromatic rings. The predicted molar refractivity (Wildman–Crippen MR) is 57.6 cm³/mol. The van der Waals surface area contributed by atoms with E-state index in [1.54, 1.807) is 24.3 Å². The molecule has 0 bridgehead atoms. The Kier molecular flexibility index (Phi) is 3.07. The lowest BCUT2D eigenvalue weighted by molar-refractivity contribution is -0.116. The van der Waals surface area contributed by atoms with Crippen LogP contribution in [0.3, 0.4) is 0 Å². The second kappa shape index (κ2) is 4.85. The molecule has 0 spiro atoms. The van der Waals surface area contributed by atoms with Crippen LogP contribution in [-0.4, -0.2) is 26.1 Å². The van der Waals surface area contributed by atoms with Gasteiger partial charge in [-0.1, -0.05) is 6.07 Å². The summed E-state index contributed by atoms with van der Waals surface area (Å²) in [5.74, 6) is -0.257. The fourth-order valence-electron chi connectivity index (χ4n) is 1.27. The van der Waals surface area contributed by atoms with Crippen LogP contribution in [0.15, 0.2) is 30.6 Å². The van der Waals surface area contributed by atoms with Gasteiger partial charge < -0.3 is 5.32 Å². The van der Waals surface area contributed by atoms with Crippen molar-refractivity contribution >= 4 is 11.6 Å². The summed E-state index contributed by atoms with van der Waals surface area (Å²) in [5.41, 5.74) is 1.06. The molecule has 2 rings (SSSR count). The number of benzene rings is 1. The number of hydrogen-bond acceptors (Lipinski definition) is 5. The molecule has 0 saturated carbocycles. The summed E-state index contributed by atoms with van der Waals surface area (Å²) in [6.45, 7) is 0.0315. The summed E-state index contributed by atoms with van der Waals surface area (Å²) >= 11 is 0. The minimum atomic E-state index is -0.257. The number of rotatable bonds is 3. The molecule has 1 amide bonds. The molecule has 0 aliphatic carbocycles. The van der Waals surface area contributed by atoms with Gasteiger partial charge >= 0.3 is 0 Å². The zero-order chi connectivity index (χ0) is 12.1. The van der Waals surface area contributed by atoms with Gasteiger partial charge in [0.25, 0.3) is 0 Å². The van der Waals surface area contributed by atoms with E-state index < -0.39 is 0 Å². The van der Waals surface area contributed by atoms with Crippen LogP contribution >= 0.6 is 0 Å². The van der Waals surface area contributed by atoms with Crippen LogP contribution in [0.4, 0.5) is 5.69 Å². The quantitative estimate of drug-likeness (QED) is 0.808. The van der Waals surface area contributed by atoms with Crippen molar-refractivity contribution in [2.24, 2.45) is 0 Å². The summed E-state index contributed by atoms with van der Waals surface area (Å²) in [7, 11) is 0. The molecule has 1 heterocycles. The molecule has 0 saturated heterocycles. The van der Waals surface area contributed by atoms with E-state index in [4.69, 9.17) is 5.26 Å². The first kappa shape index (κ1) is 10.8. The maximum Gasteiger partial charge on any atom is 0.246 e. The number of tetrazole rings is 1. The van der Waals surface area contributed by atoms with Gasteiger partial charge in [-0.3, -0.25) is 4.79 Å². The smallest absolute Gasteiger partial charge is 0.246 e. The summed E-state index contributed by atoms with van der Waals surface area (Å²) in [6.07, 6.45) is 1.35. The normalized spacial score (nSPS) is 9.59. The fraction of sp³-hybridized carbons (Fsp3) is 0.100.